The molecule has 2 heterocycles. The van der Waals surface area contributed by atoms with Crippen LogP contribution in [0.15, 0.2) is 24.4 Å². The van der Waals surface area contributed by atoms with Crippen molar-refractivity contribution in [3.63, 3.8) is 0 Å². The van der Waals surface area contributed by atoms with Crippen LogP contribution in [0.25, 0.3) is 0 Å². The predicted molar refractivity (Wildman–Crippen MR) is 74.4 cm³/mol. The van der Waals surface area contributed by atoms with Crippen molar-refractivity contribution >= 4 is 17.5 Å². The molecule has 6 heteroatoms. The van der Waals surface area contributed by atoms with E-state index < -0.39 is 0 Å². The van der Waals surface area contributed by atoms with Crippen LogP contribution in [0.1, 0.15) is 22.5 Å². The highest BCUT2D eigenvalue weighted by atomic mass is 19.1. The average Bonchev–Trinajstić information content (AvgIpc) is 2.88. The summed E-state index contributed by atoms with van der Waals surface area (Å²) in [6.07, 6.45) is 2.72. The van der Waals surface area contributed by atoms with Crippen LogP contribution >= 0.6 is 0 Å². The molecule has 3 rings (SSSR count). The second-order valence-electron chi connectivity index (χ2n) is 4.79. The fourth-order valence-electron chi connectivity index (χ4n) is 2.22. The Kier molecular flexibility index (Phi) is 3.14. The molecule has 1 amide bonds. The number of carbonyl (C=O) groups excluding carboxylic acids is 1. The van der Waals surface area contributed by atoms with Gasteiger partial charge in [0, 0.05) is 30.5 Å². The normalized spacial score (nSPS) is 13.5. The maximum Gasteiger partial charge on any atom is 0.275 e. The molecule has 0 fully saturated rings. The zero-order valence-corrected chi connectivity index (χ0v) is 11.1. The standard InChI is InChI=1S/C14H15FN4O/c1-9-10(15)4-2-5-11(9)17-13(20)12-8-19-7-3-6-16-14(19)18-12/h2,4-5,8H,3,6-7H2,1H3,(H,16,18)(H,17,20). The van der Waals surface area contributed by atoms with Crippen molar-refractivity contribution in [2.24, 2.45) is 0 Å². The second-order valence-corrected chi connectivity index (χ2v) is 4.79. The van der Waals surface area contributed by atoms with E-state index in [4.69, 9.17) is 0 Å². The van der Waals surface area contributed by atoms with Gasteiger partial charge in [0.2, 0.25) is 5.95 Å². The van der Waals surface area contributed by atoms with E-state index in [0.29, 0.717) is 22.9 Å². The summed E-state index contributed by atoms with van der Waals surface area (Å²) in [7, 11) is 0. The molecule has 5 nitrogen and oxygen atoms in total. The monoisotopic (exact) mass is 274 g/mol. The highest BCUT2D eigenvalue weighted by Crippen LogP contribution is 2.19. The van der Waals surface area contributed by atoms with E-state index >= 15 is 0 Å². The number of nitrogens with one attached hydrogen (secondary N) is 2. The molecule has 0 unspecified atom stereocenters. The fourth-order valence-corrected chi connectivity index (χ4v) is 2.22. The van der Waals surface area contributed by atoms with E-state index in [1.165, 1.54) is 6.07 Å². The maximum atomic E-state index is 13.4. The molecule has 104 valence electrons. The molecule has 0 atom stereocenters. The Hall–Kier alpha value is -2.37. The molecule has 20 heavy (non-hydrogen) atoms. The van der Waals surface area contributed by atoms with Gasteiger partial charge in [-0.2, -0.15) is 0 Å². The van der Waals surface area contributed by atoms with Crippen molar-refractivity contribution in [2.45, 2.75) is 19.9 Å². The second kappa shape index (κ2) is 4.96. The number of benzene rings is 1. The number of amides is 1. The van der Waals surface area contributed by atoms with Crippen LogP contribution in [-0.4, -0.2) is 22.0 Å². The smallest absolute Gasteiger partial charge is 0.275 e. The molecule has 1 aliphatic heterocycles. The molecule has 0 radical (unpaired) electrons. The molecule has 0 spiro atoms. The van der Waals surface area contributed by atoms with E-state index in [-0.39, 0.29) is 11.7 Å². The van der Waals surface area contributed by atoms with E-state index in [9.17, 15) is 9.18 Å². The summed E-state index contributed by atoms with van der Waals surface area (Å²) in [5.41, 5.74) is 1.22. The van der Waals surface area contributed by atoms with Gasteiger partial charge in [-0.3, -0.25) is 4.79 Å². The van der Waals surface area contributed by atoms with Gasteiger partial charge in [0.1, 0.15) is 11.5 Å². The summed E-state index contributed by atoms with van der Waals surface area (Å²) in [5, 5.41) is 5.83. The molecule has 0 bridgehead atoms. The Balaban J connectivity index is 1.82. The number of carbonyl (C=O) groups is 1. The zero-order valence-electron chi connectivity index (χ0n) is 11.1. The highest BCUT2D eigenvalue weighted by Gasteiger charge is 2.17. The van der Waals surface area contributed by atoms with E-state index in [1.54, 1.807) is 25.3 Å². The first-order valence-electron chi connectivity index (χ1n) is 6.52. The molecular formula is C14H15FN4O. The van der Waals surface area contributed by atoms with Crippen molar-refractivity contribution in [1.82, 2.24) is 9.55 Å². The molecule has 1 aromatic carbocycles. The van der Waals surface area contributed by atoms with Crippen LogP contribution in [0.2, 0.25) is 0 Å². The SMILES string of the molecule is Cc1c(F)cccc1NC(=O)c1cn2c(n1)NCCC2. The Morgan fingerprint density at radius 3 is 3.15 bits per heavy atom. The predicted octanol–water partition coefficient (Wildman–Crippen LogP) is 2.40. The minimum atomic E-state index is -0.339. The Morgan fingerprint density at radius 2 is 2.35 bits per heavy atom. The van der Waals surface area contributed by atoms with Crippen molar-refractivity contribution in [3.05, 3.63) is 41.5 Å². The summed E-state index contributed by atoms with van der Waals surface area (Å²) < 4.78 is 15.4. The first kappa shape index (κ1) is 12.7. The topological polar surface area (TPSA) is 59.0 Å². The summed E-state index contributed by atoms with van der Waals surface area (Å²) in [6, 6.07) is 4.60. The average molecular weight is 274 g/mol. The number of hydrogen-bond acceptors (Lipinski definition) is 3. The van der Waals surface area contributed by atoms with Crippen molar-refractivity contribution in [1.29, 1.82) is 0 Å². The third-order valence-corrected chi connectivity index (χ3v) is 3.38. The number of imidazole rings is 1. The van der Waals surface area contributed by atoms with Crippen LogP contribution in [0.5, 0.6) is 0 Å². The number of aromatic nitrogens is 2. The number of rotatable bonds is 2. The first-order valence-corrected chi connectivity index (χ1v) is 6.52. The zero-order chi connectivity index (χ0) is 14.1. The van der Waals surface area contributed by atoms with Gasteiger partial charge in [0.25, 0.3) is 5.91 Å². The van der Waals surface area contributed by atoms with Gasteiger partial charge in [-0.25, -0.2) is 9.37 Å². The number of nitrogens with zero attached hydrogens (tertiary/aromatic N) is 2. The van der Waals surface area contributed by atoms with Crippen LogP contribution in [0.4, 0.5) is 16.0 Å². The molecule has 2 aromatic rings. The molecular weight excluding hydrogens is 259 g/mol. The summed E-state index contributed by atoms with van der Waals surface area (Å²) in [6.45, 7) is 3.34. The number of anilines is 2. The minimum Gasteiger partial charge on any atom is -0.356 e. The minimum absolute atomic E-state index is 0.331. The van der Waals surface area contributed by atoms with Gasteiger partial charge in [-0.1, -0.05) is 6.07 Å². The van der Waals surface area contributed by atoms with Gasteiger partial charge < -0.3 is 15.2 Å². The lowest BCUT2D eigenvalue weighted by atomic mass is 10.2. The lowest BCUT2D eigenvalue weighted by molar-refractivity contribution is 0.102. The van der Waals surface area contributed by atoms with Gasteiger partial charge >= 0.3 is 0 Å². The van der Waals surface area contributed by atoms with E-state index in [0.717, 1.165) is 19.5 Å². The lowest BCUT2D eigenvalue weighted by Crippen LogP contribution is -2.16. The highest BCUT2D eigenvalue weighted by molar-refractivity contribution is 6.03. The Morgan fingerprint density at radius 1 is 1.50 bits per heavy atom. The van der Waals surface area contributed by atoms with Crippen molar-refractivity contribution < 1.29 is 9.18 Å². The lowest BCUT2D eigenvalue weighted by Gasteiger charge is -2.14. The molecule has 0 saturated heterocycles. The summed E-state index contributed by atoms with van der Waals surface area (Å²) in [5.74, 6) is 0.0355. The number of fused-ring (bicyclic) bond motifs is 1. The molecule has 1 aliphatic rings. The summed E-state index contributed by atoms with van der Waals surface area (Å²) in [4.78, 5) is 16.4. The quantitative estimate of drug-likeness (QED) is 0.884. The van der Waals surface area contributed by atoms with Gasteiger partial charge in [-0.15, -0.1) is 0 Å². The Bertz CT molecular complexity index is 642. The third kappa shape index (κ3) is 2.24. The molecule has 2 N–H and O–H groups in total. The first-order chi connectivity index (χ1) is 9.65. The number of hydrogen-bond donors (Lipinski definition) is 2. The van der Waals surface area contributed by atoms with Crippen LogP contribution < -0.4 is 10.6 Å². The van der Waals surface area contributed by atoms with Gasteiger partial charge in [-0.05, 0) is 25.5 Å². The van der Waals surface area contributed by atoms with Crippen LogP contribution in [-0.2, 0) is 6.54 Å². The Labute approximate surface area is 115 Å². The number of halogens is 1. The molecule has 1 aromatic heterocycles. The largest absolute Gasteiger partial charge is 0.356 e. The van der Waals surface area contributed by atoms with Gasteiger partial charge in [0.05, 0.1) is 0 Å². The summed E-state index contributed by atoms with van der Waals surface area (Å²) >= 11 is 0. The van der Waals surface area contributed by atoms with E-state index in [2.05, 4.69) is 15.6 Å². The van der Waals surface area contributed by atoms with Crippen molar-refractivity contribution in [3.8, 4) is 0 Å². The van der Waals surface area contributed by atoms with Crippen LogP contribution in [0.3, 0.4) is 0 Å². The fraction of sp³-hybridized carbons (Fsp3) is 0.286. The van der Waals surface area contributed by atoms with Crippen LogP contribution in [0, 0.1) is 12.7 Å². The molecule has 0 saturated carbocycles. The van der Waals surface area contributed by atoms with Gasteiger partial charge in [0.15, 0.2) is 0 Å². The number of aryl methyl sites for hydroxylation is 1. The third-order valence-electron chi connectivity index (χ3n) is 3.38. The van der Waals surface area contributed by atoms with E-state index in [1.807, 2.05) is 4.57 Å². The molecule has 0 aliphatic carbocycles. The van der Waals surface area contributed by atoms with Crippen molar-refractivity contribution in [2.75, 3.05) is 17.2 Å². The maximum absolute atomic E-state index is 13.4.